The average Bonchev–Trinajstić information content (AvgIpc) is 3.04. The maximum atomic E-state index is 12.1. The molecule has 0 saturated carbocycles. The third kappa shape index (κ3) is 5.36. The van der Waals surface area contributed by atoms with Crippen molar-refractivity contribution in [3.8, 4) is 0 Å². The average molecular weight is 343 g/mol. The summed E-state index contributed by atoms with van der Waals surface area (Å²) in [6.45, 7) is 1.45. The number of sulfonamides is 1. The van der Waals surface area contributed by atoms with Crippen LogP contribution >= 0.6 is 0 Å². The minimum atomic E-state index is -3.24. The van der Waals surface area contributed by atoms with Crippen LogP contribution in [0.4, 0.5) is 0 Å². The van der Waals surface area contributed by atoms with E-state index in [1.807, 2.05) is 0 Å². The lowest BCUT2D eigenvalue weighted by atomic mass is 9.95. The highest BCUT2D eigenvalue weighted by Crippen LogP contribution is 2.19. The first-order valence-corrected chi connectivity index (χ1v) is 9.30. The fraction of sp³-hybridized carbons (Fsp3) is 0.571. The molecule has 8 nitrogen and oxygen atoms in total. The summed E-state index contributed by atoms with van der Waals surface area (Å²) in [5.41, 5.74) is 0.514. The predicted octanol–water partition coefficient (Wildman–Crippen LogP) is -0.203. The summed E-state index contributed by atoms with van der Waals surface area (Å²) in [5, 5.41) is 2.71. The minimum Gasteiger partial charge on any atom is -0.472 e. The van der Waals surface area contributed by atoms with Crippen LogP contribution in [0, 0.1) is 5.92 Å². The van der Waals surface area contributed by atoms with E-state index in [1.165, 1.54) is 12.5 Å². The van der Waals surface area contributed by atoms with Crippen LogP contribution in [0.1, 0.15) is 23.2 Å². The Morgan fingerprint density at radius 3 is 2.57 bits per heavy atom. The molecule has 9 heteroatoms. The second kappa shape index (κ2) is 7.60. The molecule has 1 saturated heterocycles. The molecule has 2 N–H and O–H groups in total. The zero-order valence-corrected chi connectivity index (χ0v) is 13.8. The molecule has 1 fully saturated rings. The van der Waals surface area contributed by atoms with Crippen LogP contribution in [-0.2, 0) is 14.8 Å². The maximum absolute atomic E-state index is 12.1. The molecule has 0 bridgehead atoms. The zero-order valence-electron chi connectivity index (χ0n) is 12.9. The standard InChI is InChI=1S/C14H21N3O5S/c1-23(20,21)16-6-5-15-13(18)11-2-7-17(8-3-11)14(19)12-4-9-22-10-12/h4,9-11,16H,2-3,5-8H2,1H3,(H,15,18). The Bertz CT molecular complexity index is 633. The molecule has 1 aliphatic heterocycles. The molecule has 23 heavy (non-hydrogen) atoms. The third-order valence-electron chi connectivity index (χ3n) is 3.71. The van der Waals surface area contributed by atoms with Gasteiger partial charge in [0.15, 0.2) is 0 Å². The Kier molecular flexibility index (Phi) is 5.78. The number of rotatable bonds is 6. The number of nitrogens with one attached hydrogen (secondary N) is 2. The second-order valence-corrected chi connectivity index (χ2v) is 7.37. The smallest absolute Gasteiger partial charge is 0.257 e. The lowest BCUT2D eigenvalue weighted by molar-refractivity contribution is -0.126. The number of carbonyl (C=O) groups excluding carboxylic acids is 2. The van der Waals surface area contributed by atoms with Crippen LogP contribution in [0.25, 0.3) is 0 Å². The second-order valence-electron chi connectivity index (χ2n) is 5.54. The number of carbonyl (C=O) groups is 2. The Morgan fingerprint density at radius 1 is 1.30 bits per heavy atom. The van der Waals surface area contributed by atoms with Crippen molar-refractivity contribution in [1.29, 1.82) is 0 Å². The van der Waals surface area contributed by atoms with Gasteiger partial charge in [0.2, 0.25) is 15.9 Å². The van der Waals surface area contributed by atoms with Crippen molar-refractivity contribution < 1.29 is 22.4 Å². The Morgan fingerprint density at radius 2 is 2.00 bits per heavy atom. The van der Waals surface area contributed by atoms with Crippen LogP contribution in [0.2, 0.25) is 0 Å². The van der Waals surface area contributed by atoms with E-state index in [-0.39, 0.29) is 30.8 Å². The van der Waals surface area contributed by atoms with E-state index in [2.05, 4.69) is 10.0 Å². The fourth-order valence-corrected chi connectivity index (χ4v) is 2.95. The molecule has 0 atom stereocenters. The lowest BCUT2D eigenvalue weighted by Crippen LogP contribution is -2.44. The Labute approximate surface area is 135 Å². The van der Waals surface area contributed by atoms with E-state index in [0.29, 0.717) is 31.5 Å². The van der Waals surface area contributed by atoms with Gasteiger partial charge in [-0.15, -0.1) is 0 Å². The molecular weight excluding hydrogens is 322 g/mol. The van der Waals surface area contributed by atoms with E-state index >= 15 is 0 Å². The van der Waals surface area contributed by atoms with Crippen LogP contribution in [0.3, 0.4) is 0 Å². The van der Waals surface area contributed by atoms with Crippen molar-refractivity contribution in [3.63, 3.8) is 0 Å². The number of amides is 2. The van der Waals surface area contributed by atoms with Gasteiger partial charge < -0.3 is 14.6 Å². The first-order valence-electron chi connectivity index (χ1n) is 7.40. The Balaban J connectivity index is 1.71. The monoisotopic (exact) mass is 343 g/mol. The molecule has 0 aliphatic carbocycles. The van der Waals surface area contributed by atoms with Gasteiger partial charge in [-0.1, -0.05) is 0 Å². The van der Waals surface area contributed by atoms with Crippen molar-refractivity contribution >= 4 is 21.8 Å². The normalized spacial score (nSPS) is 16.3. The summed E-state index contributed by atoms with van der Waals surface area (Å²) in [6.07, 6.45) is 5.12. The molecule has 128 valence electrons. The molecule has 2 rings (SSSR count). The van der Waals surface area contributed by atoms with Gasteiger partial charge in [-0.05, 0) is 18.9 Å². The third-order valence-corrected chi connectivity index (χ3v) is 4.44. The first-order chi connectivity index (χ1) is 10.9. The molecule has 0 unspecified atom stereocenters. The van der Waals surface area contributed by atoms with Crippen LogP contribution in [0.5, 0.6) is 0 Å². The van der Waals surface area contributed by atoms with Crippen molar-refractivity contribution in [2.75, 3.05) is 32.4 Å². The fourth-order valence-electron chi connectivity index (χ4n) is 2.48. The Hall–Kier alpha value is -1.87. The highest BCUT2D eigenvalue weighted by Gasteiger charge is 2.27. The van der Waals surface area contributed by atoms with Gasteiger partial charge in [0.1, 0.15) is 6.26 Å². The molecular formula is C14H21N3O5S. The quantitative estimate of drug-likeness (QED) is 0.695. The van der Waals surface area contributed by atoms with E-state index in [1.54, 1.807) is 11.0 Å². The van der Waals surface area contributed by atoms with Gasteiger partial charge in [0, 0.05) is 32.1 Å². The highest BCUT2D eigenvalue weighted by atomic mass is 32.2. The summed E-state index contributed by atoms with van der Waals surface area (Å²) in [7, 11) is -3.24. The largest absolute Gasteiger partial charge is 0.472 e. The topological polar surface area (TPSA) is 109 Å². The summed E-state index contributed by atoms with van der Waals surface area (Å²) < 4.78 is 29.0. The number of piperidine rings is 1. The van der Waals surface area contributed by atoms with Crippen LogP contribution < -0.4 is 10.0 Å². The number of hydrogen-bond acceptors (Lipinski definition) is 5. The van der Waals surface area contributed by atoms with Crippen molar-refractivity contribution in [2.24, 2.45) is 5.92 Å². The molecule has 2 amide bonds. The maximum Gasteiger partial charge on any atom is 0.257 e. The number of furan rings is 1. The van der Waals surface area contributed by atoms with E-state index in [0.717, 1.165) is 6.26 Å². The molecule has 2 heterocycles. The number of hydrogen-bond donors (Lipinski definition) is 2. The molecule has 1 aromatic rings. The van der Waals surface area contributed by atoms with Gasteiger partial charge in [-0.25, -0.2) is 13.1 Å². The van der Waals surface area contributed by atoms with Gasteiger partial charge in [0.05, 0.1) is 18.1 Å². The zero-order chi connectivity index (χ0) is 16.9. The van der Waals surface area contributed by atoms with Gasteiger partial charge in [0.25, 0.3) is 5.91 Å². The lowest BCUT2D eigenvalue weighted by Gasteiger charge is -2.31. The summed E-state index contributed by atoms with van der Waals surface area (Å²) in [6, 6.07) is 1.62. The van der Waals surface area contributed by atoms with Crippen molar-refractivity contribution in [1.82, 2.24) is 14.9 Å². The van der Waals surface area contributed by atoms with Gasteiger partial charge in [-0.2, -0.15) is 0 Å². The van der Waals surface area contributed by atoms with Crippen LogP contribution in [0.15, 0.2) is 23.0 Å². The first kappa shape index (κ1) is 17.5. The molecule has 1 aromatic heterocycles. The molecule has 0 spiro atoms. The SMILES string of the molecule is CS(=O)(=O)NCCNC(=O)C1CCN(C(=O)c2ccoc2)CC1. The molecule has 0 aromatic carbocycles. The predicted molar refractivity (Wildman–Crippen MR) is 83.2 cm³/mol. The molecule has 0 radical (unpaired) electrons. The van der Waals surface area contributed by atoms with Gasteiger partial charge >= 0.3 is 0 Å². The van der Waals surface area contributed by atoms with E-state index in [4.69, 9.17) is 4.42 Å². The van der Waals surface area contributed by atoms with E-state index in [9.17, 15) is 18.0 Å². The number of nitrogens with zero attached hydrogens (tertiary/aromatic N) is 1. The summed E-state index contributed by atoms with van der Waals surface area (Å²) in [5.74, 6) is -0.340. The summed E-state index contributed by atoms with van der Waals surface area (Å²) in [4.78, 5) is 25.9. The minimum absolute atomic E-state index is 0.0880. The van der Waals surface area contributed by atoms with Crippen molar-refractivity contribution in [2.45, 2.75) is 12.8 Å². The highest BCUT2D eigenvalue weighted by molar-refractivity contribution is 7.88. The van der Waals surface area contributed by atoms with Crippen LogP contribution in [-0.4, -0.2) is 57.6 Å². The number of likely N-dealkylation sites (tertiary alicyclic amines) is 1. The summed E-state index contributed by atoms with van der Waals surface area (Å²) >= 11 is 0. The van der Waals surface area contributed by atoms with Gasteiger partial charge in [-0.3, -0.25) is 9.59 Å². The van der Waals surface area contributed by atoms with Crippen molar-refractivity contribution in [3.05, 3.63) is 24.2 Å². The van der Waals surface area contributed by atoms with E-state index < -0.39 is 10.0 Å². The molecule has 1 aliphatic rings.